The molecule has 22 heavy (non-hydrogen) atoms. The lowest BCUT2D eigenvalue weighted by Gasteiger charge is -2.19. The van der Waals surface area contributed by atoms with Gasteiger partial charge in [0.2, 0.25) is 0 Å². The van der Waals surface area contributed by atoms with E-state index in [1.165, 1.54) is 0 Å². The first-order chi connectivity index (χ1) is 10.3. The molecule has 0 saturated carbocycles. The van der Waals surface area contributed by atoms with Crippen LogP contribution in [0.4, 0.5) is 3.89 Å². The number of halogens is 2. The van der Waals surface area contributed by atoms with Gasteiger partial charge in [-0.1, -0.05) is 59.0 Å². The molecule has 0 aliphatic heterocycles. The Morgan fingerprint density at radius 1 is 1.32 bits per heavy atom. The molecule has 1 unspecified atom stereocenters. The molecule has 118 valence electrons. The molecule has 0 amide bonds. The Bertz CT molecular complexity index is 710. The van der Waals surface area contributed by atoms with Gasteiger partial charge in [-0.15, -0.1) is 0 Å². The van der Waals surface area contributed by atoms with Gasteiger partial charge >= 0.3 is 10.2 Å². The third kappa shape index (κ3) is 5.05. The minimum Gasteiger partial charge on any atom is -0.386 e. The van der Waals surface area contributed by atoms with Crippen LogP contribution in [0.3, 0.4) is 0 Å². The third-order valence-corrected chi connectivity index (χ3v) is 3.69. The van der Waals surface area contributed by atoms with Crippen LogP contribution < -0.4 is 11.1 Å². The van der Waals surface area contributed by atoms with Crippen LogP contribution in [0.15, 0.2) is 72.5 Å². The second kappa shape index (κ2) is 7.82. The lowest BCUT2D eigenvalue weighted by Crippen LogP contribution is -2.20. The summed E-state index contributed by atoms with van der Waals surface area (Å²) < 4.78 is 34.2. The topological polar surface area (TPSA) is 72.2 Å². The summed E-state index contributed by atoms with van der Waals surface area (Å²) in [6.45, 7) is 7.30. The van der Waals surface area contributed by atoms with E-state index >= 15 is 0 Å². The van der Waals surface area contributed by atoms with E-state index in [1.807, 2.05) is 0 Å². The molecule has 0 radical (unpaired) electrons. The van der Waals surface area contributed by atoms with Crippen molar-refractivity contribution in [3.05, 3.63) is 83.0 Å². The number of hydrogen-bond donors (Lipinski definition) is 2. The highest BCUT2D eigenvalue weighted by molar-refractivity contribution is 7.90. The van der Waals surface area contributed by atoms with E-state index in [0.29, 0.717) is 10.6 Å². The summed E-state index contributed by atoms with van der Waals surface area (Å²) in [5, 5.41) is 2.40. The molecule has 0 fully saturated rings. The highest BCUT2D eigenvalue weighted by Crippen LogP contribution is 2.24. The number of benzene rings is 1. The van der Waals surface area contributed by atoms with E-state index in [0.717, 1.165) is 11.8 Å². The predicted octanol–water partition coefficient (Wildman–Crippen LogP) is 3.33. The van der Waals surface area contributed by atoms with Crippen molar-refractivity contribution in [2.24, 2.45) is 5.73 Å². The zero-order valence-corrected chi connectivity index (χ0v) is 13.2. The van der Waals surface area contributed by atoms with Gasteiger partial charge in [0.25, 0.3) is 0 Å². The van der Waals surface area contributed by atoms with Gasteiger partial charge in [0.15, 0.2) is 5.03 Å². The molecule has 0 spiro atoms. The lowest BCUT2D eigenvalue weighted by atomic mass is 9.98. The maximum atomic E-state index is 12.8. The quantitative estimate of drug-likeness (QED) is 0.589. The van der Waals surface area contributed by atoms with E-state index in [4.69, 9.17) is 17.3 Å². The van der Waals surface area contributed by atoms with Gasteiger partial charge in [0.05, 0.1) is 6.04 Å². The Morgan fingerprint density at radius 3 is 2.36 bits per heavy atom. The zero-order chi connectivity index (χ0) is 16.8. The molecule has 0 bridgehead atoms. The molecule has 4 nitrogen and oxygen atoms in total. The molecule has 0 aliphatic rings. The summed E-state index contributed by atoms with van der Waals surface area (Å²) in [6.07, 6.45) is 5.71. The summed E-state index contributed by atoms with van der Waals surface area (Å²) in [6, 6.07) is 6.36. The Labute approximate surface area is 134 Å². The summed E-state index contributed by atoms with van der Waals surface area (Å²) in [5.41, 5.74) is 6.62. The van der Waals surface area contributed by atoms with Crippen molar-refractivity contribution in [3.63, 3.8) is 0 Å². The van der Waals surface area contributed by atoms with Crippen LogP contribution in [0.1, 0.15) is 11.6 Å². The number of rotatable bonds is 7. The van der Waals surface area contributed by atoms with Gasteiger partial charge in [0, 0.05) is 11.2 Å². The number of allylic oxidation sites excluding steroid dienone is 2. The van der Waals surface area contributed by atoms with Gasteiger partial charge in [-0.05, 0) is 23.3 Å². The standard InChI is InChI=1S/C15H16ClFN2O2S/c1-3-5-11(4-2)15(12-6-8-13(16)9-7-12)19-10-14(18)22(17,20)21/h3-10,15,19H,1-2,18H2/b11-5+,14-10+. The first-order valence-electron chi connectivity index (χ1n) is 6.16. The summed E-state index contributed by atoms with van der Waals surface area (Å²) in [4.78, 5) is 0. The highest BCUT2D eigenvalue weighted by atomic mass is 35.5. The normalized spacial score (nSPS) is 14.3. The van der Waals surface area contributed by atoms with E-state index < -0.39 is 21.3 Å². The van der Waals surface area contributed by atoms with Gasteiger partial charge in [-0.25, -0.2) is 0 Å². The molecular weight excluding hydrogens is 327 g/mol. The van der Waals surface area contributed by atoms with Crippen molar-refractivity contribution in [1.29, 1.82) is 0 Å². The molecule has 0 aliphatic carbocycles. The SMILES string of the molecule is C=C/C=C(\C=C)C(N/C=C(\N)S(=O)(=O)F)c1ccc(Cl)cc1. The zero-order valence-electron chi connectivity index (χ0n) is 11.7. The first-order valence-corrected chi connectivity index (χ1v) is 7.92. The van der Waals surface area contributed by atoms with Gasteiger partial charge < -0.3 is 11.1 Å². The minimum atomic E-state index is -4.94. The Hall–Kier alpha value is -2.05. The largest absolute Gasteiger partial charge is 0.386 e. The second-order valence-electron chi connectivity index (χ2n) is 4.24. The van der Waals surface area contributed by atoms with Crippen molar-refractivity contribution in [2.45, 2.75) is 6.04 Å². The summed E-state index contributed by atoms with van der Waals surface area (Å²) >= 11 is 5.85. The van der Waals surface area contributed by atoms with Crippen molar-refractivity contribution in [3.8, 4) is 0 Å². The maximum Gasteiger partial charge on any atom is 0.348 e. The second-order valence-corrected chi connectivity index (χ2v) is 6.03. The molecule has 1 aromatic carbocycles. The first kappa shape index (κ1) is 18.0. The molecule has 0 aromatic heterocycles. The van der Waals surface area contributed by atoms with Crippen LogP contribution in [0.5, 0.6) is 0 Å². The van der Waals surface area contributed by atoms with E-state index in [1.54, 1.807) is 42.5 Å². The van der Waals surface area contributed by atoms with Crippen molar-refractivity contribution < 1.29 is 12.3 Å². The van der Waals surface area contributed by atoms with Crippen LogP contribution in [-0.2, 0) is 10.2 Å². The molecule has 1 aromatic rings. The van der Waals surface area contributed by atoms with E-state index in [9.17, 15) is 12.3 Å². The lowest BCUT2D eigenvalue weighted by molar-refractivity contribution is 0.558. The molecule has 7 heteroatoms. The highest BCUT2D eigenvalue weighted by Gasteiger charge is 2.16. The van der Waals surface area contributed by atoms with Crippen LogP contribution in [-0.4, -0.2) is 8.42 Å². The van der Waals surface area contributed by atoms with Crippen LogP contribution in [0.2, 0.25) is 5.02 Å². The molecular formula is C15H16ClFN2O2S. The molecule has 3 N–H and O–H groups in total. The van der Waals surface area contributed by atoms with Crippen LogP contribution in [0, 0.1) is 0 Å². The predicted molar refractivity (Wildman–Crippen MR) is 88.1 cm³/mol. The monoisotopic (exact) mass is 342 g/mol. The smallest absolute Gasteiger partial charge is 0.348 e. The molecule has 0 saturated heterocycles. The molecule has 1 atom stereocenters. The van der Waals surface area contributed by atoms with Gasteiger partial charge in [-0.2, -0.15) is 8.42 Å². The number of nitrogens with two attached hydrogens (primary N) is 1. The Balaban J connectivity index is 3.23. The fourth-order valence-electron chi connectivity index (χ4n) is 1.69. The van der Waals surface area contributed by atoms with Crippen molar-refractivity contribution in [1.82, 2.24) is 5.32 Å². The summed E-state index contributed by atoms with van der Waals surface area (Å²) in [5.74, 6) is 0. The van der Waals surface area contributed by atoms with Gasteiger partial charge in [0.1, 0.15) is 0 Å². The van der Waals surface area contributed by atoms with E-state index in [2.05, 4.69) is 18.5 Å². The van der Waals surface area contributed by atoms with Crippen LogP contribution in [0.25, 0.3) is 0 Å². The van der Waals surface area contributed by atoms with Crippen LogP contribution >= 0.6 is 11.6 Å². The number of hydrogen-bond acceptors (Lipinski definition) is 4. The minimum absolute atomic E-state index is 0.493. The Kier molecular flexibility index (Phi) is 6.39. The fraction of sp³-hybridized carbons (Fsp3) is 0.0667. The van der Waals surface area contributed by atoms with Crippen molar-refractivity contribution in [2.75, 3.05) is 0 Å². The third-order valence-electron chi connectivity index (χ3n) is 2.76. The average Bonchev–Trinajstić information content (AvgIpc) is 2.46. The number of nitrogens with one attached hydrogen (secondary N) is 1. The molecule has 1 rings (SSSR count). The average molecular weight is 343 g/mol. The maximum absolute atomic E-state index is 12.8. The van der Waals surface area contributed by atoms with E-state index in [-0.39, 0.29) is 0 Å². The van der Waals surface area contributed by atoms with Gasteiger partial charge in [-0.3, -0.25) is 0 Å². The summed E-state index contributed by atoms with van der Waals surface area (Å²) in [7, 11) is -4.94. The molecule has 0 heterocycles. The fourth-order valence-corrected chi connectivity index (χ4v) is 2.03. The Morgan fingerprint density at radius 2 is 1.91 bits per heavy atom. The van der Waals surface area contributed by atoms with Crippen molar-refractivity contribution >= 4 is 21.8 Å².